The molecule has 3 N–H and O–H groups in total. The van der Waals surface area contributed by atoms with Gasteiger partial charge in [0.05, 0.1) is 11.2 Å². The Kier molecular flexibility index (Phi) is 10.5. The molecule has 2 fully saturated rings. The van der Waals surface area contributed by atoms with Crippen LogP contribution in [0.2, 0.25) is 5.02 Å². The number of piperidine rings is 1. The van der Waals surface area contributed by atoms with Crippen LogP contribution in [0.1, 0.15) is 76.2 Å². The molecule has 0 spiro atoms. The van der Waals surface area contributed by atoms with Gasteiger partial charge in [0.25, 0.3) is 0 Å². The standard InChI is InChI=1S/C27H45ClN2O3/c1-29-25(19-26(31)13-4-3-5-14-26)21-30-16-9-11-23(20-30)27(32,15-6-7-17-33-2)22-10-8-12-24(28)18-22/h8,10,12,18,23,25,29,31-32H,3-7,9,11,13-17,19-21H2,1-2H3/t23-,25?,27-/m1/s1. The third-order valence-corrected chi connectivity index (χ3v) is 8.19. The number of methoxy groups -OCH3 is 1. The number of benzene rings is 1. The summed E-state index contributed by atoms with van der Waals surface area (Å²) >= 11 is 6.32. The first-order valence-electron chi connectivity index (χ1n) is 13.0. The zero-order valence-electron chi connectivity index (χ0n) is 20.7. The average Bonchev–Trinajstić information content (AvgIpc) is 2.82. The van der Waals surface area contributed by atoms with Crippen molar-refractivity contribution < 1.29 is 14.9 Å². The highest BCUT2D eigenvalue weighted by Crippen LogP contribution is 2.40. The van der Waals surface area contributed by atoms with Gasteiger partial charge in [-0.2, -0.15) is 0 Å². The predicted molar refractivity (Wildman–Crippen MR) is 136 cm³/mol. The van der Waals surface area contributed by atoms with Crippen LogP contribution < -0.4 is 5.32 Å². The molecule has 3 rings (SSSR count). The summed E-state index contributed by atoms with van der Waals surface area (Å²) in [6, 6.07) is 8.03. The molecule has 0 radical (unpaired) electrons. The number of unbranched alkanes of at least 4 members (excludes halogenated alkanes) is 1. The molecule has 1 aliphatic heterocycles. The quantitative estimate of drug-likeness (QED) is 0.377. The van der Waals surface area contributed by atoms with Crippen LogP contribution >= 0.6 is 11.6 Å². The number of likely N-dealkylation sites (N-methyl/N-ethyl adjacent to an activating group) is 1. The summed E-state index contributed by atoms with van der Waals surface area (Å²) in [7, 11) is 3.74. The van der Waals surface area contributed by atoms with E-state index in [2.05, 4.69) is 10.2 Å². The first kappa shape index (κ1) is 26.9. The van der Waals surface area contributed by atoms with Crippen molar-refractivity contribution in [1.29, 1.82) is 0 Å². The molecule has 1 aromatic rings. The number of halogens is 1. The van der Waals surface area contributed by atoms with E-state index in [1.807, 2.05) is 31.3 Å². The minimum Gasteiger partial charge on any atom is -0.390 e. The molecule has 5 nitrogen and oxygen atoms in total. The SMILES string of the molecule is CNC(CN1CCC[C@@H]([C@@](O)(CCCCOC)c2cccc(Cl)c2)C1)CC1(O)CCCCC1. The summed E-state index contributed by atoms with van der Waals surface area (Å²) < 4.78 is 5.23. The topological polar surface area (TPSA) is 65.0 Å². The molecule has 6 heteroatoms. The molecule has 1 saturated heterocycles. The number of hydrogen-bond acceptors (Lipinski definition) is 5. The molecule has 2 aliphatic rings. The first-order valence-corrected chi connectivity index (χ1v) is 13.4. The number of rotatable bonds is 12. The molecule has 3 atom stereocenters. The maximum Gasteiger partial charge on any atom is 0.0937 e. The zero-order chi connectivity index (χ0) is 23.7. The van der Waals surface area contributed by atoms with E-state index in [9.17, 15) is 10.2 Å². The van der Waals surface area contributed by atoms with Crippen molar-refractivity contribution in [1.82, 2.24) is 10.2 Å². The van der Waals surface area contributed by atoms with Crippen LogP contribution in [0.4, 0.5) is 0 Å². The van der Waals surface area contributed by atoms with Crippen LogP contribution in [0, 0.1) is 5.92 Å². The largest absolute Gasteiger partial charge is 0.390 e. The molecular weight excluding hydrogens is 436 g/mol. The third-order valence-electron chi connectivity index (χ3n) is 7.96. The summed E-state index contributed by atoms with van der Waals surface area (Å²) in [5, 5.41) is 27.3. The Labute approximate surface area is 205 Å². The fourth-order valence-corrected chi connectivity index (χ4v) is 6.23. The van der Waals surface area contributed by atoms with E-state index in [1.54, 1.807) is 7.11 Å². The van der Waals surface area contributed by atoms with E-state index in [0.717, 1.165) is 89.6 Å². The Morgan fingerprint density at radius 2 is 2.03 bits per heavy atom. The van der Waals surface area contributed by atoms with Gasteiger partial charge in [-0.05, 0) is 82.7 Å². The fourth-order valence-electron chi connectivity index (χ4n) is 6.04. The Hall–Kier alpha value is -0.690. The lowest BCUT2D eigenvalue weighted by molar-refractivity contribution is -0.0651. The lowest BCUT2D eigenvalue weighted by Gasteiger charge is -2.44. The van der Waals surface area contributed by atoms with Crippen LogP contribution in [0.5, 0.6) is 0 Å². The van der Waals surface area contributed by atoms with Crippen molar-refractivity contribution in [2.75, 3.05) is 40.4 Å². The molecule has 1 heterocycles. The van der Waals surface area contributed by atoms with Crippen molar-refractivity contribution in [3.8, 4) is 0 Å². The van der Waals surface area contributed by atoms with Gasteiger partial charge in [0, 0.05) is 43.8 Å². The molecule has 0 bridgehead atoms. The Morgan fingerprint density at radius 3 is 2.73 bits per heavy atom. The van der Waals surface area contributed by atoms with Crippen LogP contribution in [-0.2, 0) is 10.3 Å². The molecule has 33 heavy (non-hydrogen) atoms. The maximum atomic E-state index is 12.1. The van der Waals surface area contributed by atoms with Gasteiger partial charge in [-0.1, -0.05) is 43.0 Å². The smallest absolute Gasteiger partial charge is 0.0937 e. The van der Waals surface area contributed by atoms with Gasteiger partial charge in [-0.25, -0.2) is 0 Å². The van der Waals surface area contributed by atoms with Crippen molar-refractivity contribution in [2.45, 2.75) is 87.9 Å². The maximum absolute atomic E-state index is 12.1. The lowest BCUT2D eigenvalue weighted by Crippen LogP contribution is -2.51. The second-order valence-corrected chi connectivity index (χ2v) is 10.9. The van der Waals surface area contributed by atoms with E-state index >= 15 is 0 Å². The van der Waals surface area contributed by atoms with E-state index in [4.69, 9.17) is 16.3 Å². The average molecular weight is 481 g/mol. The second-order valence-electron chi connectivity index (χ2n) is 10.5. The highest BCUT2D eigenvalue weighted by atomic mass is 35.5. The van der Waals surface area contributed by atoms with Crippen LogP contribution in [-0.4, -0.2) is 67.2 Å². The second kappa shape index (κ2) is 12.9. The highest BCUT2D eigenvalue weighted by molar-refractivity contribution is 6.30. The summed E-state index contributed by atoms with van der Waals surface area (Å²) in [6.45, 7) is 3.53. The monoisotopic (exact) mass is 480 g/mol. The van der Waals surface area contributed by atoms with E-state index in [0.29, 0.717) is 11.4 Å². The Morgan fingerprint density at radius 1 is 1.24 bits per heavy atom. The summed E-state index contributed by atoms with van der Waals surface area (Å²) in [5.74, 6) is 0.155. The van der Waals surface area contributed by atoms with E-state index in [1.165, 1.54) is 6.42 Å². The van der Waals surface area contributed by atoms with Crippen molar-refractivity contribution in [3.05, 3.63) is 34.9 Å². The first-order chi connectivity index (χ1) is 15.9. The minimum atomic E-state index is -0.895. The van der Waals surface area contributed by atoms with Gasteiger partial charge in [-0.15, -0.1) is 0 Å². The number of nitrogens with zero attached hydrogens (tertiary/aromatic N) is 1. The van der Waals surface area contributed by atoms with Gasteiger partial charge in [0.2, 0.25) is 0 Å². The normalized spacial score (nSPS) is 24.3. The van der Waals surface area contributed by atoms with Crippen molar-refractivity contribution in [2.24, 2.45) is 5.92 Å². The molecule has 1 unspecified atom stereocenters. The number of hydrogen-bond donors (Lipinski definition) is 3. The van der Waals surface area contributed by atoms with Gasteiger partial charge >= 0.3 is 0 Å². The predicted octanol–water partition coefficient (Wildman–Crippen LogP) is 4.73. The summed E-state index contributed by atoms with van der Waals surface area (Å²) in [5.41, 5.74) is -0.487. The van der Waals surface area contributed by atoms with Gasteiger partial charge in [0.15, 0.2) is 0 Å². The fraction of sp³-hybridized carbons (Fsp3) is 0.778. The molecule has 1 saturated carbocycles. The van der Waals surface area contributed by atoms with Gasteiger partial charge in [-0.3, -0.25) is 0 Å². The van der Waals surface area contributed by atoms with Gasteiger partial charge < -0.3 is 25.2 Å². The Bertz CT molecular complexity index is 712. The number of nitrogens with one attached hydrogen (secondary N) is 1. The summed E-state index contributed by atoms with van der Waals surface area (Å²) in [6.07, 6.45) is 10.8. The molecule has 0 aromatic heterocycles. The van der Waals surface area contributed by atoms with E-state index < -0.39 is 11.2 Å². The molecule has 1 aromatic carbocycles. The minimum absolute atomic E-state index is 0.155. The highest BCUT2D eigenvalue weighted by Gasteiger charge is 2.41. The van der Waals surface area contributed by atoms with Crippen molar-refractivity contribution >= 4 is 11.6 Å². The van der Waals surface area contributed by atoms with Gasteiger partial charge in [0.1, 0.15) is 0 Å². The summed E-state index contributed by atoms with van der Waals surface area (Å²) in [4.78, 5) is 2.49. The number of aliphatic hydroxyl groups is 2. The molecule has 188 valence electrons. The Balaban J connectivity index is 1.68. The zero-order valence-corrected chi connectivity index (χ0v) is 21.5. The van der Waals surface area contributed by atoms with Crippen LogP contribution in [0.25, 0.3) is 0 Å². The third kappa shape index (κ3) is 7.65. The van der Waals surface area contributed by atoms with Crippen LogP contribution in [0.15, 0.2) is 24.3 Å². The molecule has 1 aliphatic carbocycles. The molecule has 0 amide bonds. The lowest BCUT2D eigenvalue weighted by atomic mass is 9.74. The molecular formula is C27H45ClN2O3. The van der Waals surface area contributed by atoms with E-state index in [-0.39, 0.29) is 12.0 Å². The number of likely N-dealkylation sites (tertiary alicyclic amines) is 1. The van der Waals surface area contributed by atoms with Crippen LogP contribution in [0.3, 0.4) is 0 Å². The van der Waals surface area contributed by atoms with Crippen molar-refractivity contribution in [3.63, 3.8) is 0 Å². The number of ether oxygens (including phenoxy) is 1.